The minimum Gasteiger partial charge on any atom is -0.393 e. The van der Waals surface area contributed by atoms with E-state index in [0.717, 1.165) is 19.0 Å². The molecule has 0 unspecified atom stereocenters. The van der Waals surface area contributed by atoms with Gasteiger partial charge in [-0.3, -0.25) is 4.79 Å². The third kappa shape index (κ3) is 8.19. The molecule has 0 aromatic carbocycles. The molecule has 12 heteroatoms. The molecule has 1 aliphatic rings. The van der Waals surface area contributed by atoms with Crippen LogP contribution >= 0.6 is 0 Å². The van der Waals surface area contributed by atoms with Crippen LogP contribution in [0.1, 0.15) is 43.0 Å². The number of carbonyl (C=O) groups excluding carboxylic acids is 1. The number of aliphatic hydroxyl groups excluding tert-OH is 1. The van der Waals surface area contributed by atoms with E-state index in [1.165, 1.54) is 0 Å². The van der Waals surface area contributed by atoms with Gasteiger partial charge >= 0.3 is 6.61 Å². The van der Waals surface area contributed by atoms with Crippen molar-refractivity contribution < 1.29 is 32.2 Å². The van der Waals surface area contributed by atoms with Crippen molar-refractivity contribution in [2.24, 2.45) is 10.9 Å². The Hall–Kier alpha value is -2.34. The number of aliphatic hydroxyl groups is 1. The normalized spacial score (nSPS) is 20.7. The first kappa shape index (κ1) is 23.9. The van der Waals surface area contributed by atoms with Gasteiger partial charge in [-0.2, -0.15) is 13.8 Å². The molecular formula is C18H25F4N5O3. The summed E-state index contributed by atoms with van der Waals surface area (Å²) in [4.78, 5) is 24.5. The fraction of sp³-hybridized carbons (Fsp3) is 0.667. The Labute approximate surface area is 171 Å². The summed E-state index contributed by atoms with van der Waals surface area (Å²) in [7, 11) is 0. The van der Waals surface area contributed by atoms with Gasteiger partial charge in [0.15, 0.2) is 5.82 Å². The van der Waals surface area contributed by atoms with Crippen LogP contribution in [-0.2, 0) is 4.74 Å². The Bertz CT molecular complexity index is 715. The van der Waals surface area contributed by atoms with Crippen LogP contribution in [-0.4, -0.2) is 65.5 Å². The Morgan fingerprint density at radius 2 is 2.03 bits per heavy atom. The summed E-state index contributed by atoms with van der Waals surface area (Å²) in [5, 5.41) is 14.4. The second-order valence-corrected chi connectivity index (χ2v) is 7.02. The number of nitrogens with zero attached hydrogens (tertiary/aromatic N) is 3. The van der Waals surface area contributed by atoms with Gasteiger partial charge in [0.2, 0.25) is 5.95 Å². The van der Waals surface area contributed by atoms with Crippen molar-refractivity contribution in [2.75, 3.05) is 18.5 Å². The summed E-state index contributed by atoms with van der Waals surface area (Å²) in [6.07, 6.45) is 2.40. The SMILES string of the molecule is C[C@@H](COC(F)F)Nc1ncc(C(=O)NCC(F)F)c(N=CC2CCC(O)CC2)n1. The average Bonchev–Trinajstić information content (AvgIpc) is 2.70. The number of amides is 1. The molecule has 8 nitrogen and oxygen atoms in total. The van der Waals surface area contributed by atoms with Gasteiger partial charge in [0.25, 0.3) is 12.3 Å². The van der Waals surface area contributed by atoms with E-state index in [-0.39, 0.29) is 36.0 Å². The Morgan fingerprint density at radius 1 is 1.33 bits per heavy atom. The number of halogens is 4. The van der Waals surface area contributed by atoms with Crippen molar-refractivity contribution in [1.82, 2.24) is 15.3 Å². The topological polar surface area (TPSA) is 109 Å². The molecule has 0 spiro atoms. The second-order valence-electron chi connectivity index (χ2n) is 7.02. The van der Waals surface area contributed by atoms with Gasteiger partial charge in [-0.25, -0.2) is 18.8 Å². The number of hydrogen-bond acceptors (Lipinski definition) is 7. The number of aliphatic imine (C=N–C) groups is 1. The third-order valence-electron chi connectivity index (χ3n) is 4.43. The van der Waals surface area contributed by atoms with Crippen molar-refractivity contribution in [1.29, 1.82) is 0 Å². The van der Waals surface area contributed by atoms with Crippen LogP contribution in [0.2, 0.25) is 0 Å². The zero-order valence-electron chi connectivity index (χ0n) is 16.4. The highest BCUT2D eigenvalue weighted by Crippen LogP contribution is 2.24. The number of aromatic nitrogens is 2. The van der Waals surface area contributed by atoms with Crippen LogP contribution in [0.3, 0.4) is 0 Å². The maximum Gasteiger partial charge on any atom is 0.345 e. The number of rotatable bonds is 10. The zero-order chi connectivity index (χ0) is 22.1. The van der Waals surface area contributed by atoms with Gasteiger partial charge in [-0.1, -0.05) is 0 Å². The van der Waals surface area contributed by atoms with Crippen molar-refractivity contribution in [2.45, 2.75) is 57.8 Å². The molecule has 1 aromatic rings. The van der Waals surface area contributed by atoms with Gasteiger partial charge in [0.1, 0.15) is 5.56 Å². The summed E-state index contributed by atoms with van der Waals surface area (Å²) in [5.41, 5.74) is -0.0928. The Kier molecular flexibility index (Phi) is 9.37. The number of carbonyl (C=O) groups is 1. The first-order valence-electron chi connectivity index (χ1n) is 9.56. The molecule has 1 aliphatic carbocycles. The van der Waals surface area contributed by atoms with Crippen molar-refractivity contribution in [3.05, 3.63) is 11.8 Å². The first-order valence-corrected chi connectivity index (χ1v) is 9.56. The lowest BCUT2D eigenvalue weighted by Gasteiger charge is -2.22. The largest absolute Gasteiger partial charge is 0.393 e. The van der Waals surface area contributed by atoms with Gasteiger partial charge in [0, 0.05) is 18.5 Å². The fourth-order valence-electron chi connectivity index (χ4n) is 2.87. The zero-order valence-corrected chi connectivity index (χ0v) is 16.4. The maximum absolute atomic E-state index is 12.4. The number of alkyl halides is 4. The molecule has 3 N–H and O–H groups in total. The summed E-state index contributed by atoms with van der Waals surface area (Å²) < 4.78 is 53.3. The molecule has 1 saturated carbocycles. The molecule has 30 heavy (non-hydrogen) atoms. The molecule has 0 radical (unpaired) electrons. The average molecular weight is 435 g/mol. The van der Waals surface area contributed by atoms with Crippen molar-refractivity contribution >= 4 is 23.9 Å². The fourth-order valence-corrected chi connectivity index (χ4v) is 2.87. The Balaban J connectivity index is 2.16. The van der Waals surface area contributed by atoms with Crippen LogP contribution < -0.4 is 10.6 Å². The predicted molar refractivity (Wildman–Crippen MR) is 102 cm³/mol. The molecule has 1 atom stereocenters. The minimum absolute atomic E-state index is 0.0250. The molecule has 1 heterocycles. The number of anilines is 1. The summed E-state index contributed by atoms with van der Waals surface area (Å²) in [5.74, 6) is -0.735. The Morgan fingerprint density at radius 3 is 2.67 bits per heavy atom. The molecule has 2 rings (SSSR count). The standard InChI is InChI=1S/C18H25F4N5O3/c1-10(9-30-17(21)22)26-18-25-7-13(16(29)24-8-14(19)20)15(27-18)23-6-11-2-4-12(28)5-3-11/h6-7,10-12,14,17,28H,2-5,8-9H2,1H3,(H,24,29)(H,25,26,27)/t10-,11?,12?/m0/s1. The summed E-state index contributed by atoms with van der Waals surface area (Å²) in [6, 6.07) is -0.561. The summed E-state index contributed by atoms with van der Waals surface area (Å²) >= 11 is 0. The highest BCUT2D eigenvalue weighted by Gasteiger charge is 2.20. The lowest BCUT2D eigenvalue weighted by atomic mass is 9.88. The van der Waals surface area contributed by atoms with E-state index >= 15 is 0 Å². The van der Waals surface area contributed by atoms with Gasteiger partial charge < -0.3 is 20.5 Å². The third-order valence-corrected chi connectivity index (χ3v) is 4.43. The smallest absolute Gasteiger partial charge is 0.345 e. The second kappa shape index (κ2) is 11.7. The number of ether oxygens (including phenoxy) is 1. The lowest BCUT2D eigenvalue weighted by Crippen LogP contribution is -2.29. The highest BCUT2D eigenvalue weighted by molar-refractivity contribution is 5.98. The van der Waals surface area contributed by atoms with Crippen LogP contribution in [0.4, 0.5) is 29.3 Å². The minimum atomic E-state index is -2.91. The molecular weight excluding hydrogens is 410 g/mol. The van der Waals surface area contributed by atoms with Gasteiger partial charge in [-0.05, 0) is 38.5 Å². The lowest BCUT2D eigenvalue weighted by molar-refractivity contribution is -0.130. The molecule has 1 fully saturated rings. The van der Waals surface area contributed by atoms with E-state index in [1.54, 1.807) is 13.1 Å². The number of hydrogen-bond donors (Lipinski definition) is 3. The molecule has 0 saturated heterocycles. The molecule has 168 valence electrons. The maximum atomic E-state index is 12.4. The van der Waals surface area contributed by atoms with E-state index in [4.69, 9.17) is 0 Å². The molecule has 0 bridgehead atoms. The first-order chi connectivity index (χ1) is 14.2. The van der Waals surface area contributed by atoms with E-state index in [9.17, 15) is 27.5 Å². The monoisotopic (exact) mass is 435 g/mol. The molecule has 1 aromatic heterocycles. The summed E-state index contributed by atoms with van der Waals surface area (Å²) in [6.45, 7) is -2.47. The van der Waals surface area contributed by atoms with E-state index < -0.39 is 31.5 Å². The van der Waals surface area contributed by atoms with Gasteiger partial charge in [0.05, 0.1) is 19.3 Å². The van der Waals surface area contributed by atoms with Crippen molar-refractivity contribution in [3.8, 4) is 0 Å². The van der Waals surface area contributed by atoms with Gasteiger partial charge in [-0.15, -0.1) is 0 Å². The predicted octanol–water partition coefficient (Wildman–Crippen LogP) is 2.76. The highest BCUT2D eigenvalue weighted by atomic mass is 19.3. The quantitative estimate of drug-likeness (QED) is 0.385. The van der Waals surface area contributed by atoms with E-state index in [2.05, 4.69) is 30.3 Å². The molecule has 0 aliphatic heterocycles. The van der Waals surface area contributed by atoms with E-state index in [0.29, 0.717) is 12.8 Å². The van der Waals surface area contributed by atoms with E-state index in [1.807, 2.05) is 0 Å². The van der Waals surface area contributed by atoms with Crippen LogP contribution in [0.5, 0.6) is 0 Å². The number of nitrogens with one attached hydrogen (secondary N) is 2. The molecule has 1 amide bonds. The van der Waals surface area contributed by atoms with Crippen LogP contribution in [0.25, 0.3) is 0 Å². The van der Waals surface area contributed by atoms with Crippen LogP contribution in [0, 0.1) is 5.92 Å². The van der Waals surface area contributed by atoms with Crippen molar-refractivity contribution in [3.63, 3.8) is 0 Å². The van der Waals surface area contributed by atoms with Crippen LogP contribution in [0.15, 0.2) is 11.2 Å².